The second-order valence-corrected chi connectivity index (χ2v) is 6.77. The summed E-state index contributed by atoms with van der Waals surface area (Å²) in [6.45, 7) is 6.34. The Labute approximate surface area is 159 Å². The predicted octanol–water partition coefficient (Wildman–Crippen LogP) is 2.23. The Morgan fingerprint density at radius 2 is 1.78 bits per heavy atom. The largest absolute Gasteiger partial charge is 0.384 e. The van der Waals surface area contributed by atoms with Gasteiger partial charge in [0.15, 0.2) is 5.65 Å². The van der Waals surface area contributed by atoms with E-state index < -0.39 is 0 Å². The van der Waals surface area contributed by atoms with Crippen LogP contribution in [0.15, 0.2) is 48.8 Å². The van der Waals surface area contributed by atoms with Gasteiger partial charge in [0, 0.05) is 38.4 Å². The van der Waals surface area contributed by atoms with Gasteiger partial charge in [-0.3, -0.25) is 4.90 Å². The minimum absolute atomic E-state index is 0.474. The number of pyridine rings is 1. The molecule has 7 heteroatoms. The smallest absolute Gasteiger partial charge is 0.166 e. The average Bonchev–Trinajstić information content (AvgIpc) is 2.72. The van der Waals surface area contributed by atoms with Crippen molar-refractivity contribution in [1.82, 2.24) is 19.9 Å². The molecule has 4 rings (SSSR count). The molecule has 0 spiro atoms. The summed E-state index contributed by atoms with van der Waals surface area (Å²) in [5, 5.41) is 4.32. The Kier molecular flexibility index (Phi) is 5.29. The second-order valence-electron chi connectivity index (χ2n) is 6.77. The number of rotatable bonds is 6. The molecule has 0 amide bonds. The molecule has 0 unspecified atom stereocenters. The zero-order valence-corrected chi connectivity index (χ0v) is 15.4. The number of nitrogens with two attached hydrogens (primary N) is 1. The van der Waals surface area contributed by atoms with Crippen molar-refractivity contribution in [3.8, 4) is 0 Å². The lowest BCUT2D eigenvalue weighted by atomic mass is 10.2. The maximum Gasteiger partial charge on any atom is 0.166 e. The molecule has 0 aliphatic carbocycles. The van der Waals surface area contributed by atoms with Crippen LogP contribution >= 0.6 is 0 Å². The van der Waals surface area contributed by atoms with E-state index in [4.69, 9.17) is 5.73 Å². The van der Waals surface area contributed by atoms with Crippen molar-refractivity contribution < 1.29 is 0 Å². The van der Waals surface area contributed by atoms with Crippen LogP contribution in [0, 0.1) is 0 Å². The molecule has 1 fully saturated rings. The van der Waals surface area contributed by atoms with Crippen LogP contribution < -0.4 is 16.0 Å². The zero-order chi connectivity index (χ0) is 18.5. The van der Waals surface area contributed by atoms with Crippen LogP contribution in [0.5, 0.6) is 0 Å². The molecule has 3 heterocycles. The number of anilines is 3. The van der Waals surface area contributed by atoms with Crippen molar-refractivity contribution in [3.05, 3.63) is 48.8 Å². The number of nitrogens with one attached hydrogen (secondary N) is 1. The molecule has 27 heavy (non-hydrogen) atoms. The van der Waals surface area contributed by atoms with Gasteiger partial charge < -0.3 is 16.0 Å². The number of fused-ring (bicyclic) bond motifs is 1. The van der Waals surface area contributed by atoms with Crippen molar-refractivity contribution in [1.29, 1.82) is 0 Å². The lowest BCUT2D eigenvalue weighted by Gasteiger charge is -2.36. The van der Waals surface area contributed by atoms with Crippen LogP contribution in [0.3, 0.4) is 0 Å². The van der Waals surface area contributed by atoms with E-state index >= 15 is 0 Å². The summed E-state index contributed by atoms with van der Waals surface area (Å²) in [7, 11) is 0. The van der Waals surface area contributed by atoms with Crippen molar-refractivity contribution in [3.63, 3.8) is 0 Å². The van der Waals surface area contributed by atoms with Gasteiger partial charge in [-0.2, -0.15) is 0 Å². The molecular formula is C20H25N7. The van der Waals surface area contributed by atoms with Crippen LogP contribution in [0.1, 0.15) is 6.42 Å². The SMILES string of the molecule is Nc1ccc2c(NCCCN3CCN(c4ccccc4)CC3)ncnc2n1. The first kappa shape index (κ1) is 17.5. The first-order valence-corrected chi connectivity index (χ1v) is 9.43. The van der Waals surface area contributed by atoms with Crippen LogP contribution in [-0.2, 0) is 0 Å². The summed E-state index contributed by atoms with van der Waals surface area (Å²) in [4.78, 5) is 17.8. The van der Waals surface area contributed by atoms with Gasteiger partial charge in [-0.1, -0.05) is 18.2 Å². The van der Waals surface area contributed by atoms with Gasteiger partial charge in [0.1, 0.15) is 18.0 Å². The third-order valence-corrected chi connectivity index (χ3v) is 4.96. The fraction of sp³-hybridized carbons (Fsp3) is 0.350. The lowest BCUT2D eigenvalue weighted by Crippen LogP contribution is -2.46. The minimum Gasteiger partial charge on any atom is -0.384 e. The van der Waals surface area contributed by atoms with E-state index in [-0.39, 0.29) is 0 Å². The van der Waals surface area contributed by atoms with Crippen molar-refractivity contribution in [2.75, 3.05) is 55.2 Å². The fourth-order valence-corrected chi connectivity index (χ4v) is 3.48. The number of hydrogen-bond donors (Lipinski definition) is 2. The average molecular weight is 363 g/mol. The molecule has 0 bridgehead atoms. The topological polar surface area (TPSA) is 83.2 Å². The van der Waals surface area contributed by atoms with E-state index in [1.165, 1.54) is 12.0 Å². The van der Waals surface area contributed by atoms with Gasteiger partial charge in [0.05, 0.1) is 5.39 Å². The van der Waals surface area contributed by atoms with E-state index in [9.17, 15) is 0 Å². The molecular weight excluding hydrogens is 338 g/mol. The Bertz CT molecular complexity index is 876. The highest BCUT2D eigenvalue weighted by molar-refractivity contribution is 5.86. The first-order chi connectivity index (χ1) is 13.3. The van der Waals surface area contributed by atoms with E-state index in [0.717, 1.165) is 56.9 Å². The molecule has 1 aromatic carbocycles. The Morgan fingerprint density at radius 3 is 2.59 bits per heavy atom. The Morgan fingerprint density at radius 1 is 0.963 bits per heavy atom. The third-order valence-electron chi connectivity index (χ3n) is 4.96. The number of nitrogen functional groups attached to an aromatic ring is 1. The van der Waals surface area contributed by atoms with E-state index in [0.29, 0.717) is 11.5 Å². The molecule has 0 atom stereocenters. The van der Waals surface area contributed by atoms with Crippen LogP contribution in [-0.4, -0.2) is 59.1 Å². The highest BCUT2D eigenvalue weighted by atomic mass is 15.3. The predicted molar refractivity (Wildman–Crippen MR) is 110 cm³/mol. The molecule has 3 N–H and O–H groups in total. The number of hydrogen-bond acceptors (Lipinski definition) is 7. The highest BCUT2D eigenvalue weighted by Crippen LogP contribution is 2.19. The highest BCUT2D eigenvalue weighted by Gasteiger charge is 2.16. The Hall–Kier alpha value is -2.93. The van der Waals surface area contributed by atoms with Gasteiger partial charge in [-0.15, -0.1) is 0 Å². The van der Waals surface area contributed by atoms with E-state index in [1.807, 2.05) is 6.07 Å². The monoisotopic (exact) mass is 363 g/mol. The summed E-state index contributed by atoms with van der Waals surface area (Å²) in [6, 6.07) is 14.4. The van der Waals surface area contributed by atoms with Crippen molar-refractivity contribution in [2.24, 2.45) is 0 Å². The van der Waals surface area contributed by atoms with Crippen LogP contribution in [0.4, 0.5) is 17.3 Å². The molecule has 1 aliphatic heterocycles. The molecule has 3 aromatic rings. The van der Waals surface area contributed by atoms with Crippen LogP contribution in [0.2, 0.25) is 0 Å². The molecule has 7 nitrogen and oxygen atoms in total. The van der Waals surface area contributed by atoms with Gasteiger partial charge in [0.25, 0.3) is 0 Å². The summed E-state index contributed by atoms with van der Waals surface area (Å²) >= 11 is 0. The molecule has 1 saturated heterocycles. The maximum atomic E-state index is 5.72. The summed E-state index contributed by atoms with van der Waals surface area (Å²) in [5.41, 5.74) is 7.68. The minimum atomic E-state index is 0.474. The summed E-state index contributed by atoms with van der Waals surface area (Å²) in [6.07, 6.45) is 2.60. The third kappa shape index (κ3) is 4.25. The normalized spacial score (nSPS) is 15.2. The van der Waals surface area contributed by atoms with Gasteiger partial charge in [-0.05, 0) is 37.2 Å². The molecule has 2 aromatic heterocycles. The van der Waals surface area contributed by atoms with Gasteiger partial charge in [0.2, 0.25) is 0 Å². The molecule has 0 radical (unpaired) electrons. The maximum absolute atomic E-state index is 5.72. The van der Waals surface area contributed by atoms with Gasteiger partial charge in [-0.25, -0.2) is 15.0 Å². The second kappa shape index (κ2) is 8.18. The van der Waals surface area contributed by atoms with Crippen molar-refractivity contribution in [2.45, 2.75) is 6.42 Å². The summed E-state index contributed by atoms with van der Waals surface area (Å²) in [5.74, 6) is 1.29. The number of piperazine rings is 1. The first-order valence-electron chi connectivity index (χ1n) is 9.43. The van der Waals surface area contributed by atoms with E-state index in [1.54, 1.807) is 6.07 Å². The molecule has 140 valence electrons. The summed E-state index contributed by atoms with van der Waals surface area (Å²) < 4.78 is 0. The number of benzene rings is 1. The Balaban J connectivity index is 1.23. The fourth-order valence-electron chi connectivity index (χ4n) is 3.48. The number of aromatic nitrogens is 3. The van der Waals surface area contributed by atoms with E-state index in [2.05, 4.69) is 60.4 Å². The quantitative estimate of drug-likeness (QED) is 0.650. The number of nitrogens with zero attached hydrogens (tertiary/aromatic N) is 5. The van der Waals surface area contributed by atoms with Crippen molar-refractivity contribution >= 4 is 28.4 Å². The number of para-hydroxylation sites is 1. The standard InChI is InChI=1S/C20H25N7/c21-18-8-7-17-19(23-15-24-20(17)25-18)22-9-4-10-26-11-13-27(14-12-26)16-5-2-1-3-6-16/h1-3,5-8,15H,4,9-14H2,(H3,21,22,23,24,25). The van der Waals surface area contributed by atoms with Crippen LogP contribution in [0.25, 0.3) is 11.0 Å². The van der Waals surface area contributed by atoms with Gasteiger partial charge >= 0.3 is 0 Å². The molecule has 1 aliphatic rings. The lowest BCUT2D eigenvalue weighted by molar-refractivity contribution is 0.257. The molecule has 0 saturated carbocycles. The zero-order valence-electron chi connectivity index (χ0n) is 15.4.